The van der Waals surface area contributed by atoms with Crippen molar-refractivity contribution in [1.29, 1.82) is 0 Å². The van der Waals surface area contributed by atoms with Gasteiger partial charge in [-0.3, -0.25) is 4.90 Å². The smallest absolute Gasteiger partial charge is 0.0236 e. The van der Waals surface area contributed by atoms with Crippen molar-refractivity contribution in [2.24, 2.45) is 0 Å². The molecule has 0 aliphatic heterocycles. The molecule has 0 radical (unpaired) electrons. The number of thioether (sulfide) groups is 1. The SMILES string of the molecule is CCNCCc1ccccc1CN(C)C(C)CSC. The lowest BCUT2D eigenvalue weighted by molar-refractivity contribution is 0.269. The van der Waals surface area contributed by atoms with Crippen LogP contribution >= 0.6 is 11.8 Å². The second-order valence-corrected chi connectivity index (χ2v) is 6.00. The molecule has 108 valence electrons. The van der Waals surface area contributed by atoms with E-state index in [0.29, 0.717) is 6.04 Å². The Bertz CT molecular complexity index is 354. The molecule has 0 spiro atoms. The van der Waals surface area contributed by atoms with E-state index in [2.05, 4.69) is 61.6 Å². The Morgan fingerprint density at radius 1 is 1.26 bits per heavy atom. The van der Waals surface area contributed by atoms with Gasteiger partial charge < -0.3 is 5.32 Å². The maximum Gasteiger partial charge on any atom is 0.0236 e. The van der Waals surface area contributed by atoms with Gasteiger partial charge in [0, 0.05) is 18.3 Å². The predicted molar refractivity (Wildman–Crippen MR) is 88.0 cm³/mol. The van der Waals surface area contributed by atoms with Crippen molar-refractivity contribution in [2.45, 2.75) is 32.9 Å². The second kappa shape index (κ2) is 9.40. The normalized spacial score (nSPS) is 12.9. The van der Waals surface area contributed by atoms with Gasteiger partial charge in [-0.25, -0.2) is 0 Å². The minimum Gasteiger partial charge on any atom is -0.317 e. The van der Waals surface area contributed by atoms with Crippen molar-refractivity contribution in [3.05, 3.63) is 35.4 Å². The standard InChI is InChI=1S/C16H28N2S/c1-5-17-11-10-15-8-6-7-9-16(15)12-18(3)14(2)13-19-4/h6-9,14,17H,5,10-13H2,1-4H3. The summed E-state index contributed by atoms with van der Waals surface area (Å²) in [6.07, 6.45) is 3.30. The van der Waals surface area contributed by atoms with Gasteiger partial charge >= 0.3 is 0 Å². The number of nitrogens with zero attached hydrogens (tertiary/aromatic N) is 1. The fourth-order valence-electron chi connectivity index (χ4n) is 2.15. The largest absolute Gasteiger partial charge is 0.317 e. The molecule has 0 amide bonds. The average Bonchev–Trinajstić information content (AvgIpc) is 2.41. The molecule has 2 nitrogen and oxygen atoms in total. The molecule has 3 heteroatoms. The molecule has 0 saturated carbocycles. The van der Waals surface area contributed by atoms with E-state index in [1.54, 1.807) is 0 Å². The van der Waals surface area contributed by atoms with Crippen LogP contribution in [-0.2, 0) is 13.0 Å². The lowest BCUT2D eigenvalue weighted by atomic mass is 10.0. The lowest BCUT2D eigenvalue weighted by Crippen LogP contribution is -2.31. The van der Waals surface area contributed by atoms with E-state index < -0.39 is 0 Å². The molecule has 1 aromatic carbocycles. The monoisotopic (exact) mass is 280 g/mol. The van der Waals surface area contributed by atoms with Crippen molar-refractivity contribution in [3.63, 3.8) is 0 Å². The van der Waals surface area contributed by atoms with Crippen molar-refractivity contribution in [3.8, 4) is 0 Å². The van der Waals surface area contributed by atoms with Crippen molar-refractivity contribution in [2.75, 3.05) is 32.1 Å². The molecule has 1 rings (SSSR count). The van der Waals surface area contributed by atoms with Crippen LogP contribution in [0.25, 0.3) is 0 Å². The van der Waals surface area contributed by atoms with Crippen LogP contribution in [0.4, 0.5) is 0 Å². The summed E-state index contributed by atoms with van der Waals surface area (Å²) in [5, 5.41) is 3.40. The molecule has 0 aromatic heterocycles. The zero-order valence-electron chi connectivity index (χ0n) is 12.8. The maximum atomic E-state index is 3.40. The summed E-state index contributed by atoms with van der Waals surface area (Å²) in [6.45, 7) is 7.62. The first kappa shape index (κ1) is 16.5. The number of nitrogens with one attached hydrogen (secondary N) is 1. The first-order valence-electron chi connectivity index (χ1n) is 7.15. The quantitative estimate of drug-likeness (QED) is 0.700. The molecule has 0 aliphatic rings. The van der Waals surface area contributed by atoms with Gasteiger partial charge in [0.1, 0.15) is 0 Å². The summed E-state index contributed by atoms with van der Waals surface area (Å²) in [6, 6.07) is 9.45. The third-order valence-corrected chi connectivity index (χ3v) is 4.34. The van der Waals surface area contributed by atoms with Crippen LogP contribution in [0.5, 0.6) is 0 Å². The van der Waals surface area contributed by atoms with Crippen LogP contribution < -0.4 is 5.32 Å². The Hall–Kier alpha value is -0.510. The molecule has 0 bridgehead atoms. The minimum absolute atomic E-state index is 0.622. The van der Waals surface area contributed by atoms with E-state index in [0.717, 1.165) is 26.1 Å². The highest BCUT2D eigenvalue weighted by atomic mass is 32.2. The summed E-state index contributed by atoms with van der Waals surface area (Å²) in [5.74, 6) is 1.19. The van der Waals surface area contributed by atoms with Crippen LogP contribution in [0.3, 0.4) is 0 Å². The third-order valence-electron chi connectivity index (χ3n) is 3.52. The van der Waals surface area contributed by atoms with Crippen LogP contribution in [0.1, 0.15) is 25.0 Å². The van der Waals surface area contributed by atoms with Crippen molar-refractivity contribution < 1.29 is 0 Å². The number of hydrogen-bond donors (Lipinski definition) is 1. The van der Waals surface area contributed by atoms with E-state index in [1.807, 2.05) is 11.8 Å². The molecule has 0 aliphatic carbocycles. The van der Waals surface area contributed by atoms with E-state index in [4.69, 9.17) is 0 Å². The fraction of sp³-hybridized carbons (Fsp3) is 0.625. The van der Waals surface area contributed by atoms with Gasteiger partial charge in [0.15, 0.2) is 0 Å². The molecule has 1 atom stereocenters. The van der Waals surface area contributed by atoms with Crippen molar-refractivity contribution in [1.82, 2.24) is 10.2 Å². The molecule has 0 saturated heterocycles. The zero-order valence-corrected chi connectivity index (χ0v) is 13.6. The van der Waals surface area contributed by atoms with Crippen molar-refractivity contribution >= 4 is 11.8 Å². The van der Waals surface area contributed by atoms with Crippen LogP contribution in [0, 0.1) is 0 Å². The Kier molecular flexibility index (Phi) is 8.19. The third kappa shape index (κ3) is 5.98. The first-order valence-corrected chi connectivity index (χ1v) is 8.55. The minimum atomic E-state index is 0.622. The van der Waals surface area contributed by atoms with E-state index in [-0.39, 0.29) is 0 Å². The average molecular weight is 280 g/mol. The molecule has 1 N–H and O–H groups in total. The zero-order chi connectivity index (χ0) is 14.1. The van der Waals surface area contributed by atoms with Gasteiger partial charge in [-0.2, -0.15) is 11.8 Å². The highest BCUT2D eigenvalue weighted by Crippen LogP contribution is 2.14. The highest BCUT2D eigenvalue weighted by molar-refractivity contribution is 7.98. The topological polar surface area (TPSA) is 15.3 Å². The Morgan fingerprint density at radius 3 is 2.58 bits per heavy atom. The van der Waals surface area contributed by atoms with Gasteiger partial charge in [0.25, 0.3) is 0 Å². The highest BCUT2D eigenvalue weighted by Gasteiger charge is 2.10. The number of rotatable bonds is 9. The number of likely N-dealkylation sites (N-methyl/N-ethyl adjacent to an activating group) is 1. The van der Waals surface area contributed by atoms with Gasteiger partial charge in [0.05, 0.1) is 0 Å². The van der Waals surface area contributed by atoms with Crippen LogP contribution in [0.15, 0.2) is 24.3 Å². The second-order valence-electron chi connectivity index (χ2n) is 5.09. The summed E-state index contributed by atoms with van der Waals surface area (Å²) < 4.78 is 0. The molecule has 19 heavy (non-hydrogen) atoms. The molecular weight excluding hydrogens is 252 g/mol. The summed E-state index contributed by atoms with van der Waals surface area (Å²) in [5.41, 5.74) is 2.95. The van der Waals surface area contributed by atoms with Gasteiger partial charge in [-0.05, 0) is 50.9 Å². The number of benzene rings is 1. The first-order chi connectivity index (χ1) is 9.19. The summed E-state index contributed by atoms with van der Waals surface area (Å²) in [4.78, 5) is 2.45. The summed E-state index contributed by atoms with van der Waals surface area (Å²) >= 11 is 1.92. The van der Waals surface area contributed by atoms with Gasteiger partial charge in [-0.15, -0.1) is 0 Å². The van der Waals surface area contributed by atoms with E-state index in [9.17, 15) is 0 Å². The van der Waals surface area contributed by atoms with Crippen LogP contribution in [0.2, 0.25) is 0 Å². The van der Waals surface area contributed by atoms with Gasteiger partial charge in [-0.1, -0.05) is 31.2 Å². The fourth-order valence-corrected chi connectivity index (χ4v) is 2.89. The predicted octanol–water partition coefficient (Wildman–Crippen LogP) is 3.02. The van der Waals surface area contributed by atoms with E-state index >= 15 is 0 Å². The molecular formula is C16H28N2S. The summed E-state index contributed by atoms with van der Waals surface area (Å²) in [7, 11) is 2.22. The Balaban J connectivity index is 2.61. The molecule has 0 fully saturated rings. The lowest BCUT2D eigenvalue weighted by Gasteiger charge is -2.25. The number of hydrogen-bond acceptors (Lipinski definition) is 3. The molecule has 1 aromatic rings. The molecule has 1 unspecified atom stereocenters. The Morgan fingerprint density at radius 2 is 1.95 bits per heavy atom. The Labute approximate surface area is 123 Å². The van der Waals surface area contributed by atoms with Crippen LogP contribution in [-0.4, -0.2) is 43.1 Å². The van der Waals surface area contributed by atoms with Gasteiger partial charge in [0.2, 0.25) is 0 Å². The van der Waals surface area contributed by atoms with E-state index in [1.165, 1.54) is 16.9 Å². The maximum absolute atomic E-state index is 3.40. The molecule has 0 heterocycles.